The minimum Gasteiger partial charge on any atom is -0.508 e. The molecule has 1 aliphatic rings. The molecule has 1 aromatic rings. The van der Waals surface area contributed by atoms with E-state index < -0.39 is 0 Å². The van der Waals surface area contributed by atoms with Crippen LogP contribution < -0.4 is 0 Å². The minimum atomic E-state index is -0.382. The zero-order valence-electron chi connectivity index (χ0n) is 11.5. The summed E-state index contributed by atoms with van der Waals surface area (Å²) in [6, 6.07) is 4.82. The van der Waals surface area contributed by atoms with Gasteiger partial charge in [0.1, 0.15) is 11.8 Å². The summed E-state index contributed by atoms with van der Waals surface area (Å²) in [5.41, 5.74) is 1.68. The molecule has 4 nitrogen and oxygen atoms in total. The molecule has 0 aliphatic heterocycles. The van der Waals surface area contributed by atoms with Gasteiger partial charge in [-0.15, -0.1) is 0 Å². The quantitative estimate of drug-likeness (QED) is 0.657. The minimum absolute atomic E-state index is 0.157. The van der Waals surface area contributed by atoms with Gasteiger partial charge >= 0.3 is 0 Å². The van der Waals surface area contributed by atoms with E-state index in [9.17, 15) is 9.90 Å². The second-order valence-corrected chi connectivity index (χ2v) is 5.86. The van der Waals surface area contributed by atoms with Crippen molar-refractivity contribution < 1.29 is 14.6 Å². The molecule has 4 heteroatoms. The lowest BCUT2D eigenvalue weighted by atomic mass is 9.85. The maximum absolute atomic E-state index is 10.7. The second kappa shape index (κ2) is 5.16. The summed E-state index contributed by atoms with van der Waals surface area (Å²) < 4.78 is 5.99. The maximum atomic E-state index is 10.7. The first-order chi connectivity index (χ1) is 8.90. The Bertz CT molecular complexity index is 513. The van der Waals surface area contributed by atoms with Gasteiger partial charge in [-0.05, 0) is 56.9 Å². The molecule has 1 aromatic carbocycles. The number of nitrogens with zero attached hydrogens (tertiary/aromatic N) is 1. The van der Waals surface area contributed by atoms with Crippen LogP contribution in [-0.2, 0) is 16.0 Å². The molecule has 0 fully saturated rings. The van der Waals surface area contributed by atoms with Crippen LogP contribution in [0.3, 0.4) is 0 Å². The third-order valence-electron chi connectivity index (χ3n) is 3.20. The van der Waals surface area contributed by atoms with Gasteiger partial charge in [0, 0.05) is 0 Å². The van der Waals surface area contributed by atoms with Crippen molar-refractivity contribution in [1.29, 1.82) is 0 Å². The highest BCUT2D eigenvalue weighted by atomic mass is 16.5. The molecular formula is C15H19NO3. The number of rotatable bonds is 2. The van der Waals surface area contributed by atoms with Crippen molar-refractivity contribution >= 4 is 6.08 Å². The number of aliphatic imine (C=N–C) groups is 1. The lowest BCUT2D eigenvalue weighted by Crippen LogP contribution is -2.34. The molecule has 0 radical (unpaired) electrons. The van der Waals surface area contributed by atoms with Crippen molar-refractivity contribution in [3.8, 4) is 5.75 Å². The smallest absolute Gasteiger partial charge is 0.235 e. The van der Waals surface area contributed by atoms with Gasteiger partial charge in [-0.1, -0.05) is 6.07 Å². The Morgan fingerprint density at radius 3 is 2.79 bits per heavy atom. The standard InChI is InChI=1S/C15H19NO3/c1-15(2,3)19-13-7-5-10-4-6-11(18)8-12(10)14(13)16-9-17/h4,6,8,13-14,18H,5,7H2,1-3H3/t13?,14-/m0/s1. The monoisotopic (exact) mass is 261 g/mol. The average molecular weight is 261 g/mol. The van der Waals surface area contributed by atoms with E-state index in [1.165, 1.54) is 0 Å². The molecule has 102 valence electrons. The second-order valence-electron chi connectivity index (χ2n) is 5.86. The highest BCUT2D eigenvalue weighted by Crippen LogP contribution is 2.37. The number of ether oxygens (including phenoxy) is 1. The molecule has 1 unspecified atom stereocenters. The Morgan fingerprint density at radius 1 is 1.42 bits per heavy atom. The SMILES string of the molecule is CC(C)(C)OC1CCc2ccc(O)cc2[C@@H]1N=C=O. The molecule has 0 aromatic heterocycles. The van der Waals surface area contributed by atoms with E-state index >= 15 is 0 Å². The highest BCUT2D eigenvalue weighted by molar-refractivity contribution is 5.43. The van der Waals surface area contributed by atoms with Crippen LogP contribution in [-0.4, -0.2) is 22.9 Å². The molecule has 0 bridgehead atoms. The van der Waals surface area contributed by atoms with Gasteiger partial charge < -0.3 is 9.84 Å². The van der Waals surface area contributed by atoms with Crippen molar-refractivity contribution in [2.24, 2.45) is 4.99 Å². The Kier molecular flexibility index (Phi) is 3.74. The molecule has 2 atom stereocenters. The Labute approximate surface area is 113 Å². The van der Waals surface area contributed by atoms with Gasteiger partial charge in [0.2, 0.25) is 6.08 Å². The highest BCUT2D eigenvalue weighted by Gasteiger charge is 2.33. The third-order valence-corrected chi connectivity index (χ3v) is 3.20. The lowest BCUT2D eigenvalue weighted by Gasteiger charge is -2.35. The lowest BCUT2D eigenvalue weighted by molar-refractivity contribution is -0.0759. The summed E-state index contributed by atoms with van der Waals surface area (Å²) in [7, 11) is 0. The number of hydrogen-bond donors (Lipinski definition) is 1. The number of phenols is 1. The van der Waals surface area contributed by atoms with Gasteiger partial charge in [-0.3, -0.25) is 0 Å². The molecule has 0 heterocycles. The van der Waals surface area contributed by atoms with E-state index in [1.54, 1.807) is 18.2 Å². The summed E-state index contributed by atoms with van der Waals surface area (Å²) >= 11 is 0. The van der Waals surface area contributed by atoms with Crippen molar-refractivity contribution in [2.45, 2.75) is 51.4 Å². The van der Waals surface area contributed by atoms with Crippen LogP contribution >= 0.6 is 0 Å². The van der Waals surface area contributed by atoms with E-state index in [1.807, 2.05) is 26.8 Å². The number of isocyanates is 1. The van der Waals surface area contributed by atoms with E-state index in [4.69, 9.17) is 4.74 Å². The van der Waals surface area contributed by atoms with Crippen LogP contribution in [0.4, 0.5) is 0 Å². The topological polar surface area (TPSA) is 58.9 Å². The van der Waals surface area contributed by atoms with Gasteiger partial charge in [-0.25, -0.2) is 4.79 Å². The van der Waals surface area contributed by atoms with Crippen LogP contribution in [0.2, 0.25) is 0 Å². The maximum Gasteiger partial charge on any atom is 0.235 e. The van der Waals surface area contributed by atoms with Crippen LogP contribution in [0.5, 0.6) is 5.75 Å². The Morgan fingerprint density at radius 2 is 2.16 bits per heavy atom. The van der Waals surface area contributed by atoms with E-state index in [-0.39, 0.29) is 23.5 Å². The third kappa shape index (κ3) is 3.22. The van der Waals surface area contributed by atoms with Crippen molar-refractivity contribution in [2.75, 3.05) is 0 Å². The number of hydrogen-bond acceptors (Lipinski definition) is 4. The molecule has 2 rings (SSSR count). The van der Waals surface area contributed by atoms with Crippen LogP contribution in [0.1, 0.15) is 44.4 Å². The largest absolute Gasteiger partial charge is 0.508 e. The molecule has 0 spiro atoms. The molecule has 0 saturated heterocycles. The first-order valence-corrected chi connectivity index (χ1v) is 6.47. The summed E-state index contributed by atoms with van der Waals surface area (Å²) in [5, 5.41) is 9.61. The fraction of sp³-hybridized carbons (Fsp3) is 0.533. The first kappa shape index (κ1) is 13.8. The number of fused-ring (bicyclic) bond motifs is 1. The summed E-state index contributed by atoms with van der Waals surface area (Å²) in [5.74, 6) is 0.182. The number of phenolic OH excluding ortho intramolecular Hbond substituents is 1. The van der Waals surface area contributed by atoms with Gasteiger partial charge in [0.05, 0.1) is 11.7 Å². The molecule has 1 aliphatic carbocycles. The van der Waals surface area contributed by atoms with Crippen LogP contribution in [0.25, 0.3) is 0 Å². The Balaban J connectivity index is 2.37. The zero-order valence-corrected chi connectivity index (χ0v) is 11.5. The van der Waals surface area contributed by atoms with E-state index in [0.717, 1.165) is 24.0 Å². The van der Waals surface area contributed by atoms with E-state index in [2.05, 4.69) is 4.99 Å². The summed E-state index contributed by atoms with van der Waals surface area (Å²) in [4.78, 5) is 14.6. The Hall–Kier alpha value is -1.64. The molecule has 0 saturated carbocycles. The number of benzene rings is 1. The first-order valence-electron chi connectivity index (χ1n) is 6.47. The van der Waals surface area contributed by atoms with Crippen LogP contribution in [0.15, 0.2) is 23.2 Å². The summed E-state index contributed by atoms with van der Waals surface area (Å²) in [6.07, 6.45) is 3.14. The fourth-order valence-corrected chi connectivity index (χ4v) is 2.53. The van der Waals surface area contributed by atoms with E-state index in [0.29, 0.717) is 0 Å². The molecular weight excluding hydrogens is 242 g/mol. The van der Waals surface area contributed by atoms with Crippen molar-refractivity contribution in [1.82, 2.24) is 0 Å². The fourth-order valence-electron chi connectivity index (χ4n) is 2.53. The average Bonchev–Trinajstić information content (AvgIpc) is 2.31. The van der Waals surface area contributed by atoms with Gasteiger partial charge in [0.25, 0.3) is 0 Å². The molecule has 0 amide bonds. The number of aryl methyl sites for hydroxylation is 1. The molecule has 19 heavy (non-hydrogen) atoms. The van der Waals surface area contributed by atoms with Gasteiger partial charge in [0.15, 0.2) is 0 Å². The van der Waals surface area contributed by atoms with Gasteiger partial charge in [-0.2, -0.15) is 4.99 Å². The summed E-state index contributed by atoms with van der Waals surface area (Å²) in [6.45, 7) is 5.94. The van der Waals surface area contributed by atoms with Crippen molar-refractivity contribution in [3.05, 3.63) is 29.3 Å². The zero-order chi connectivity index (χ0) is 14.0. The molecule has 1 N–H and O–H groups in total. The van der Waals surface area contributed by atoms with Crippen molar-refractivity contribution in [3.63, 3.8) is 0 Å². The normalized spacial score (nSPS) is 22.5. The predicted molar refractivity (Wildman–Crippen MR) is 71.9 cm³/mol. The predicted octanol–water partition coefficient (Wildman–Crippen LogP) is 2.90. The number of carbonyl (C=O) groups excluding carboxylic acids is 1. The van der Waals surface area contributed by atoms with Crippen LogP contribution in [0, 0.1) is 0 Å². The number of aromatic hydroxyl groups is 1.